The molecule has 7 heteroatoms. The van der Waals surface area contributed by atoms with Crippen LogP contribution in [0.5, 0.6) is 0 Å². The average molecular weight is 330 g/mol. The van der Waals surface area contributed by atoms with Gasteiger partial charge in [-0.05, 0) is 25.0 Å². The SMILES string of the molecule is CCCc1c(NC(=O)NCCC(=O)O)cnn1-c1ccccc1C. The molecule has 1 heterocycles. The number of amides is 2. The van der Waals surface area contributed by atoms with E-state index in [0.717, 1.165) is 29.8 Å². The smallest absolute Gasteiger partial charge is 0.319 e. The maximum Gasteiger partial charge on any atom is 0.319 e. The van der Waals surface area contributed by atoms with E-state index in [0.29, 0.717) is 5.69 Å². The first-order valence-electron chi connectivity index (χ1n) is 7.92. The van der Waals surface area contributed by atoms with Crippen molar-refractivity contribution in [3.63, 3.8) is 0 Å². The molecule has 0 atom stereocenters. The van der Waals surface area contributed by atoms with Crippen LogP contribution in [0, 0.1) is 6.92 Å². The number of aryl methyl sites for hydroxylation is 1. The molecule has 0 bridgehead atoms. The summed E-state index contributed by atoms with van der Waals surface area (Å²) in [4.78, 5) is 22.4. The zero-order chi connectivity index (χ0) is 17.5. The summed E-state index contributed by atoms with van der Waals surface area (Å²) in [6, 6.07) is 7.48. The van der Waals surface area contributed by atoms with Gasteiger partial charge in [-0.25, -0.2) is 9.48 Å². The van der Waals surface area contributed by atoms with Crippen molar-refractivity contribution in [3.8, 4) is 5.69 Å². The molecule has 0 aliphatic rings. The Balaban J connectivity index is 2.18. The van der Waals surface area contributed by atoms with Crippen molar-refractivity contribution in [2.45, 2.75) is 33.1 Å². The second kappa shape index (κ2) is 8.14. The summed E-state index contributed by atoms with van der Waals surface area (Å²) in [5.74, 6) is -0.950. The van der Waals surface area contributed by atoms with E-state index in [9.17, 15) is 9.59 Å². The fourth-order valence-electron chi connectivity index (χ4n) is 2.41. The van der Waals surface area contributed by atoms with Crippen LogP contribution in [0.4, 0.5) is 10.5 Å². The number of carboxylic acid groups (broad SMARTS) is 1. The maximum absolute atomic E-state index is 11.9. The van der Waals surface area contributed by atoms with Gasteiger partial charge in [-0.1, -0.05) is 31.5 Å². The monoisotopic (exact) mass is 330 g/mol. The molecule has 2 aromatic rings. The molecule has 7 nitrogen and oxygen atoms in total. The number of benzene rings is 1. The number of para-hydroxylation sites is 1. The molecule has 2 amide bonds. The third-order valence-electron chi connectivity index (χ3n) is 3.57. The number of nitrogens with one attached hydrogen (secondary N) is 2. The van der Waals surface area contributed by atoms with Gasteiger partial charge >= 0.3 is 12.0 Å². The zero-order valence-corrected chi connectivity index (χ0v) is 13.9. The summed E-state index contributed by atoms with van der Waals surface area (Å²) in [5.41, 5.74) is 3.61. The zero-order valence-electron chi connectivity index (χ0n) is 13.9. The number of carboxylic acids is 1. The Labute approximate surface area is 140 Å². The second-order valence-electron chi connectivity index (χ2n) is 5.48. The fourth-order valence-corrected chi connectivity index (χ4v) is 2.41. The second-order valence-corrected chi connectivity index (χ2v) is 5.48. The van der Waals surface area contributed by atoms with Crippen molar-refractivity contribution in [1.82, 2.24) is 15.1 Å². The predicted molar refractivity (Wildman–Crippen MR) is 91.6 cm³/mol. The number of hydrogen-bond donors (Lipinski definition) is 3. The minimum absolute atomic E-state index is 0.0796. The van der Waals surface area contributed by atoms with Crippen LogP contribution in [-0.4, -0.2) is 33.4 Å². The van der Waals surface area contributed by atoms with Crippen LogP contribution in [0.1, 0.15) is 31.0 Å². The van der Waals surface area contributed by atoms with E-state index in [1.807, 2.05) is 35.9 Å². The summed E-state index contributed by atoms with van der Waals surface area (Å²) in [5, 5.41) is 18.3. The minimum Gasteiger partial charge on any atom is -0.481 e. The molecule has 24 heavy (non-hydrogen) atoms. The Morgan fingerprint density at radius 1 is 1.29 bits per heavy atom. The van der Waals surface area contributed by atoms with Crippen molar-refractivity contribution in [1.29, 1.82) is 0 Å². The normalized spacial score (nSPS) is 10.4. The Hall–Kier alpha value is -2.83. The highest BCUT2D eigenvalue weighted by Crippen LogP contribution is 2.22. The number of carbonyl (C=O) groups is 2. The Morgan fingerprint density at radius 3 is 2.71 bits per heavy atom. The van der Waals surface area contributed by atoms with Crippen molar-refractivity contribution >= 4 is 17.7 Å². The van der Waals surface area contributed by atoms with E-state index in [2.05, 4.69) is 22.7 Å². The highest BCUT2D eigenvalue weighted by atomic mass is 16.4. The van der Waals surface area contributed by atoms with E-state index in [4.69, 9.17) is 5.11 Å². The van der Waals surface area contributed by atoms with Crippen molar-refractivity contribution in [2.24, 2.45) is 0 Å². The lowest BCUT2D eigenvalue weighted by Crippen LogP contribution is -2.30. The predicted octanol–water partition coefficient (Wildman–Crippen LogP) is 2.73. The molecule has 0 aliphatic carbocycles. The highest BCUT2D eigenvalue weighted by Gasteiger charge is 2.15. The van der Waals surface area contributed by atoms with Crippen molar-refractivity contribution in [2.75, 3.05) is 11.9 Å². The number of urea groups is 1. The van der Waals surface area contributed by atoms with Gasteiger partial charge in [-0.15, -0.1) is 0 Å². The lowest BCUT2D eigenvalue weighted by Gasteiger charge is -2.12. The van der Waals surface area contributed by atoms with Gasteiger partial charge in [0, 0.05) is 6.54 Å². The largest absolute Gasteiger partial charge is 0.481 e. The first-order valence-corrected chi connectivity index (χ1v) is 7.92. The van der Waals surface area contributed by atoms with Crippen LogP contribution in [0.2, 0.25) is 0 Å². The molecule has 0 saturated heterocycles. The molecule has 128 valence electrons. The van der Waals surface area contributed by atoms with Gasteiger partial charge in [0.2, 0.25) is 0 Å². The number of nitrogens with zero attached hydrogens (tertiary/aromatic N) is 2. The maximum atomic E-state index is 11.9. The third-order valence-corrected chi connectivity index (χ3v) is 3.57. The van der Waals surface area contributed by atoms with E-state index in [1.165, 1.54) is 0 Å². The lowest BCUT2D eigenvalue weighted by molar-refractivity contribution is -0.136. The van der Waals surface area contributed by atoms with Gasteiger partial charge < -0.3 is 15.7 Å². The van der Waals surface area contributed by atoms with Gasteiger partial charge in [0.15, 0.2) is 0 Å². The standard InChI is InChI=1S/C17H22N4O3/c1-3-6-15-13(20-17(24)18-10-9-16(22)23)11-19-21(15)14-8-5-4-7-12(14)2/h4-5,7-8,11H,3,6,9-10H2,1-2H3,(H,22,23)(H2,18,20,24). The van der Waals surface area contributed by atoms with Gasteiger partial charge in [-0.3, -0.25) is 4.79 Å². The summed E-state index contributed by atoms with van der Waals surface area (Å²) < 4.78 is 1.84. The number of rotatable bonds is 7. The quantitative estimate of drug-likeness (QED) is 0.727. The molecule has 0 radical (unpaired) electrons. The van der Waals surface area contributed by atoms with Gasteiger partial charge in [0.1, 0.15) is 0 Å². The molecule has 0 unspecified atom stereocenters. The minimum atomic E-state index is -0.950. The van der Waals surface area contributed by atoms with E-state index in [-0.39, 0.29) is 13.0 Å². The van der Waals surface area contributed by atoms with Crippen LogP contribution < -0.4 is 10.6 Å². The molecular formula is C17H22N4O3. The van der Waals surface area contributed by atoms with Crippen LogP contribution in [0.15, 0.2) is 30.5 Å². The van der Waals surface area contributed by atoms with E-state index >= 15 is 0 Å². The number of hydrogen-bond acceptors (Lipinski definition) is 3. The van der Waals surface area contributed by atoms with Gasteiger partial charge in [0.05, 0.1) is 29.7 Å². The Morgan fingerprint density at radius 2 is 2.04 bits per heavy atom. The van der Waals surface area contributed by atoms with Gasteiger partial charge in [-0.2, -0.15) is 5.10 Å². The van der Waals surface area contributed by atoms with E-state index in [1.54, 1.807) is 6.20 Å². The summed E-state index contributed by atoms with van der Waals surface area (Å²) in [7, 11) is 0. The molecule has 0 fully saturated rings. The summed E-state index contributed by atoms with van der Waals surface area (Å²) in [6.07, 6.45) is 3.18. The number of aliphatic carboxylic acids is 1. The van der Waals surface area contributed by atoms with Crippen molar-refractivity contribution in [3.05, 3.63) is 41.7 Å². The molecule has 2 rings (SSSR count). The van der Waals surface area contributed by atoms with Crippen LogP contribution >= 0.6 is 0 Å². The first kappa shape index (κ1) is 17.5. The molecule has 0 spiro atoms. The number of carbonyl (C=O) groups excluding carboxylic acids is 1. The topological polar surface area (TPSA) is 96.2 Å². The van der Waals surface area contributed by atoms with Gasteiger partial charge in [0.25, 0.3) is 0 Å². The molecule has 1 aromatic heterocycles. The average Bonchev–Trinajstić information content (AvgIpc) is 2.90. The fraction of sp³-hybridized carbons (Fsp3) is 0.353. The third kappa shape index (κ3) is 4.34. The van der Waals surface area contributed by atoms with E-state index < -0.39 is 12.0 Å². The number of anilines is 1. The molecule has 0 aliphatic heterocycles. The Bertz CT molecular complexity index is 724. The molecule has 3 N–H and O–H groups in total. The first-order chi connectivity index (χ1) is 11.5. The summed E-state index contributed by atoms with van der Waals surface area (Å²) >= 11 is 0. The molecule has 1 aromatic carbocycles. The molecule has 0 saturated carbocycles. The lowest BCUT2D eigenvalue weighted by atomic mass is 10.1. The van der Waals surface area contributed by atoms with Crippen molar-refractivity contribution < 1.29 is 14.7 Å². The van der Waals surface area contributed by atoms with Crippen LogP contribution in [0.25, 0.3) is 5.69 Å². The number of aromatic nitrogens is 2. The van der Waals surface area contributed by atoms with Crippen LogP contribution in [0.3, 0.4) is 0 Å². The molecular weight excluding hydrogens is 308 g/mol. The Kier molecular flexibility index (Phi) is 5.95. The highest BCUT2D eigenvalue weighted by molar-refractivity contribution is 5.90. The van der Waals surface area contributed by atoms with Crippen LogP contribution in [-0.2, 0) is 11.2 Å². The summed E-state index contributed by atoms with van der Waals surface area (Å²) in [6.45, 7) is 4.15.